The molecule has 3 aromatic heterocycles. The number of nitrogens with zero attached hydrogens (tertiary/aromatic N) is 3. The van der Waals surface area contributed by atoms with Gasteiger partial charge < -0.3 is 10.3 Å². The lowest BCUT2D eigenvalue weighted by Crippen LogP contribution is -2.16. The highest BCUT2D eigenvalue weighted by Crippen LogP contribution is 2.17. The normalized spacial score (nSPS) is 11.4. The molecule has 4 rings (SSSR count). The van der Waals surface area contributed by atoms with Gasteiger partial charge in [-0.25, -0.2) is 9.50 Å². The van der Waals surface area contributed by atoms with Crippen LogP contribution in [-0.2, 0) is 13.1 Å². The number of H-pyrrole nitrogens is 1. The van der Waals surface area contributed by atoms with Gasteiger partial charge in [0.05, 0.1) is 11.7 Å². The Morgan fingerprint density at radius 2 is 2.04 bits per heavy atom. The molecule has 0 aliphatic rings. The van der Waals surface area contributed by atoms with E-state index in [1.54, 1.807) is 16.8 Å². The molecule has 0 unspecified atom stereocenters. The summed E-state index contributed by atoms with van der Waals surface area (Å²) in [5.41, 5.74) is 5.79. The largest absolute Gasteiger partial charge is 0.357 e. The third-order valence-electron chi connectivity index (χ3n) is 4.44. The fourth-order valence-corrected chi connectivity index (χ4v) is 3.14. The van der Waals surface area contributed by atoms with Crippen molar-refractivity contribution >= 4 is 16.6 Å². The zero-order valence-electron chi connectivity index (χ0n) is 14.2. The van der Waals surface area contributed by atoms with E-state index in [4.69, 9.17) is 0 Å². The number of hydrogen-bond acceptors (Lipinski definition) is 4. The summed E-state index contributed by atoms with van der Waals surface area (Å²) in [5, 5.41) is 8.41. The molecule has 4 aromatic rings. The number of hydrogen-bond donors (Lipinski definition) is 2. The first-order chi connectivity index (χ1) is 12.1. The summed E-state index contributed by atoms with van der Waals surface area (Å²) in [5.74, 6) is 0. The highest BCUT2D eigenvalue weighted by atomic mass is 16.1. The van der Waals surface area contributed by atoms with E-state index in [1.807, 2.05) is 44.4 Å². The van der Waals surface area contributed by atoms with Gasteiger partial charge in [-0.05, 0) is 31.0 Å². The third kappa shape index (κ3) is 2.81. The predicted octanol–water partition coefficient (Wildman–Crippen LogP) is 2.48. The summed E-state index contributed by atoms with van der Waals surface area (Å²) in [7, 11) is 0. The van der Waals surface area contributed by atoms with Crippen LogP contribution in [0.5, 0.6) is 0 Å². The second-order valence-electron chi connectivity index (χ2n) is 6.27. The van der Waals surface area contributed by atoms with Gasteiger partial charge in [0.2, 0.25) is 0 Å². The highest BCUT2D eigenvalue weighted by Gasteiger charge is 2.08. The second kappa shape index (κ2) is 6.14. The van der Waals surface area contributed by atoms with Crippen molar-refractivity contribution in [2.75, 3.05) is 0 Å². The van der Waals surface area contributed by atoms with Crippen LogP contribution in [0.15, 0.2) is 47.7 Å². The fraction of sp³-hybridized carbons (Fsp3) is 0.211. The molecule has 0 saturated heterocycles. The van der Waals surface area contributed by atoms with Crippen LogP contribution >= 0.6 is 0 Å². The first kappa shape index (κ1) is 15.5. The van der Waals surface area contributed by atoms with E-state index in [0.29, 0.717) is 13.1 Å². The van der Waals surface area contributed by atoms with Crippen molar-refractivity contribution in [3.63, 3.8) is 0 Å². The molecule has 1 aromatic carbocycles. The number of rotatable bonds is 4. The van der Waals surface area contributed by atoms with Crippen LogP contribution in [0.25, 0.3) is 16.6 Å². The lowest BCUT2D eigenvalue weighted by Gasteiger charge is -2.09. The topological polar surface area (TPSA) is 75.1 Å². The molecule has 0 atom stereocenters. The number of aromatic nitrogens is 4. The molecule has 0 aliphatic carbocycles. The molecule has 0 bridgehead atoms. The summed E-state index contributed by atoms with van der Waals surface area (Å²) < 4.78 is 1.75. The Morgan fingerprint density at radius 3 is 2.92 bits per heavy atom. The van der Waals surface area contributed by atoms with Crippen LogP contribution in [0.1, 0.15) is 22.4 Å². The minimum Gasteiger partial charge on any atom is -0.357 e. The van der Waals surface area contributed by atoms with Gasteiger partial charge in [0.25, 0.3) is 0 Å². The van der Waals surface area contributed by atoms with E-state index in [-0.39, 0.29) is 5.43 Å². The molecule has 0 amide bonds. The zero-order valence-corrected chi connectivity index (χ0v) is 14.2. The van der Waals surface area contributed by atoms with Crippen LogP contribution in [-0.4, -0.2) is 19.6 Å². The van der Waals surface area contributed by atoms with Gasteiger partial charge >= 0.3 is 0 Å². The number of aromatic amines is 1. The molecular weight excluding hydrogens is 314 g/mol. The van der Waals surface area contributed by atoms with Crippen molar-refractivity contribution in [1.29, 1.82) is 0 Å². The quantitative estimate of drug-likeness (QED) is 0.602. The summed E-state index contributed by atoms with van der Waals surface area (Å²) in [6.07, 6.45) is 5.44. The first-order valence-electron chi connectivity index (χ1n) is 8.23. The molecule has 0 radical (unpaired) electrons. The van der Waals surface area contributed by atoms with Crippen molar-refractivity contribution < 1.29 is 0 Å². The summed E-state index contributed by atoms with van der Waals surface area (Å²) >= 11 is 0. The van der Waals surface area contributed by atoms with Gasteiger partial charge in [-0.3, -0.25) is 4.79 Å². The average Bonchev–Trinajstić information content (AvgIpc) is 3.01. The Hall–Kier alpha value is -2.99. The van der Waals surface area contributed by atoms with Crippen molar-refractivity contribution in [2.24, 2.45) is 0 Å². The monoisotopic (exact) mass is 333 g/mol. The highest BCUT2D eigenvalue weighted by molar-refractivity contribution is 5.84. The Morgan fingerprint density at radius 1 is 1.20 bits per heavy atom. The van der Waals surface area contributed by atoms with Crippen molar-refractivity contribution in [3.05, 3.63) is 75.5 Å². The number of aryl methyl sites for hydroxylation is 2. The number of pyridine rings is 1. The Bertz CT molecular complexity index is 1130. The summed E-state index contributed by atoms with van der Waals surface area (Å²) in [4.78, 5) is 20.2. The van der Waals surface area contributed by atoms with Crippen LogP contribution in [0.4, 0.5) is 0 Å². The standard InChI is InChI=1S/C19H19N5O/c1-12-4-5-13(2)18-17(12)16(25)8-15(23-18)11-20-9-14-10-22-24-7-3-6-21-19(14)24/h3-8,10,20H,9,11H2,1-2H3,(H,23,25). The zero-order chi connectivity index (χ0) is 17.4. The smallest absolute Gasteiger partial charge is 0.189 e. The lowest BCUT2D eigenvalue weighted by molar-refractivity contribution is 0.683. The predicted molar refractivity (Wildman–Crippen MR) is 97.6 cm³/mol. The molecule has 6 heteroatoms. The van der Waals surface area contributed by atoms with E-state index < -0.39 is 0 Å². The van der Waals surface area contributed by atoms with E-state index in [1.165, 1.54) is 0 Å². The molecule has 2 N–H and O–H groups in total. The number of benzene rings is 1. The Balaban J connectivity index is 1.57. The molecular formula is C19H19N5O. The maximum absolute atomic E-state index is 12.5. The molecule has 25 heavy (non-hydrogen) atoms. The molecule has 6 nitrogen and oxygen atoms in total. The molecule has 0 saturated carbocycles. The SMILES string of the molecule is Cc1ccc(C)c2c(=O)cc(CNCc3cnn4cccnc34)[nH]c12. The van der Waals surface area contributed by atoms with Crippen LogP contribution in [0, 0.1) is 13.8 Å². The van der Waals surface area contributed by atoms with Crippen molar-refractivity contribution in [2.45, 2.75) is 26.9 Å². The Labute approximate surface area is 144 Å². The van der Waals surface area contributed by atoms with Crippen molar-refractivity contribution in [3.8, 4) is 0 Å². The molecule has 3 heterocycles. The van der Waals surface area contributed by atoms with E-state index in [9.17, 15) is 4.79 Å². The number of nitrogens with one attached hydrogen (secondary N) is 2. The number of fused-ring (bicyclic) bond motifs is 2. The van der Waals surface area contributed by atoms with E-state index in [0.717, 1.165) is 38.9 Å². The molecule has 126 valence electrons. The summed E-state index contributed by atoms with van der Waals surface area (Å²) in [6, 6.07) is 7.55. The molecule has 0 spiro atoms. The van der Waals surface area contributed by atoms with Crippen LogP contribution in [0.3, 0.4) is 0 Å². The first-order valence-corrected chi connectivity index (χ1v) is 8.23. The van der Waals surface area contributed by atoms with Crippen LogP contribution in [0.2, 0.25) is 0 Å². The van der Waals surface area contributed by atoms with Crippen LogP contribution < -0.4 is 10.7 Å². The fourth-order valence-electron chi connectivity index (χ4n) is 3.14. The van der Waals surface area contributed by atoms with Crippen molar-refractivity contribution in [1.82, 2.24) is 24.9 Å². The minimum atomic E-state index is 0.0596. The van der Waals surface area contributed by atoms with Gasteiger partial charge in [-0.15, -0.1) is 0 Å². The Kier molecular flexibility index (Phi) is 3.82. The summed E-state index contributed by atoms with van der Waals surface area (Å²) in [6.45, 7) is 5.18. The average molecular weight is 333 g/mol. The molecule has 0 fully saturated rings. The van der Waals surface area contributed by atoms with Gasteiger partial charge in [0.1, 0.15) is 0 Å². The van der Waals surface area contributed by atoms with Gasteiger partial charge in [0, 0.05) is 48.2 Å². The minimum absolute atomic E-state index is 0.0596. The third-order valence-corrected chi connectivity index (χ3v) is 4.44. The maximum atomic E-state index is 12.5. The van der Waals surface area contributed by atoms with Gasteiger partial charge in [0.15, 0.2) is 11.1 Å². The van der Waals surface area contributed by atoms with Gasteiger partial charge in [-0.1, -0.05) is 12.1 Å². The lowest BCUT2D eigenvalue weighted by atomic mass is 10.0. The van der Waals surface area contributed by atoms with E-state index >= 15 is 0 Å². The second-order valence-corrected chi connectivity index (χ2v) is 6.27. The molecule has 0 aliphatic heterocycles. The van der Waals surface area contributed by atoms with Gasteiger partial charge in [-0.2, -0.15) is 5.10 Å². The maximum Gasteiger partial charge on any atom is 0.189 e. The van der Waals surface area contributed by atoms with E-state index in [2.05, 4.69) is 20.4 Å².